The van der Waals surface area contributed by atoms with E-state index in [-0.39, 0.29) is 0 Å². The van der Waals surface area contributed by atoms with E-state index in [4.69, 9.17) is 5.26 Å². The van der Waals surface area contributed by atoms with Crippen molar-refractivity contribution in [2.24, 2.45) is 0 Å². The molecule has 0 spiro atoms. The number of nitrogens with zero attached hydrogens (tertiary/aromatic N) is 2. The fraction of sp³-hybridized carbons (Fsp3) is 0.200. The van der Waals surface area contributed by atoms with Crippen LogP contribution in [0.25, 0.3) is 0 Å². The first-order valence-corrected chi connectivity index (χ1v) is 6.05. The maximum absolute atomic E-state index is 8.98. The lowest BCUT2D eigenvalue weighted by molar-refractivity contribution is 1.04. The normalized spacial score (nSPS) is 21.1. The van der Waals surface area contributed by atoms with Crippen LogP contribution in [0.4, 0.5) is 5.69 Å². The number of anilines is 1. The largest absolute Gasteiger partial charge is 0.379 e. The SMILES string of the molecule is N#Cc1ncccc1NC1CC1c1ccccc1. The Morgan fingerprint density at radius 1 is 1.17 bits per heavy atom. The molecule has 0 aliphatic heterocycles. The quantitative estimate of drug-likeness (QED) is 0.889. The summed E-state index contributed by atoms with van der Waals surface area (Å²) in [6, 6.07) is 16.8. The van der Waals surface area contributed by atoms with Gasteiger partial charge in [0, 0.05) is 18.2 Å². The van der Waals surface area contributed by atoms with Crippen LogP contribution < -0.4 is 5.32 Å². The summed E-state index contributed by atoms with van der Waals surface area (Å²) >= 11 is 0. The molecule has 1 aromatic heterocycles. The lowest BCUT2D eigenvalue weighted by Crippen LogP contribution is -2.06. The second-order valence-corrected chi connectivity index (χ2v) is 4.52. The minimum atomic E-state index is 0.420. The van der Waals surface area contributed by atoms with Crippen molar-refractivity contribution in [2.45, 2.75) is 18.4 Å². The van der Waals surface area contributed by atoms with Gasteiger partial charge in [-0.25, -0.2) is 4.98 Å². The van der Waals surface area contributed by atoms with E-state index in [9.17, 15) is 0 Å². The standard InChI is InChI=1S/C15H13N3/c16-10-15-13(7-4-8-17-15)18-14-9-12(14)11-5-2-1-3-6-11/h1-8,12,14,18H,9H2. The van der Waals surface area contributed by atoms with E-state index in [0.717, 1.165) is 12.1 Å². The Balaban J connectivity index is 1.72. The van der Waals surface area contributed by atoms with E-state index < -0.39 is 0 Å². The second-order valence-electron chi connectivity index (χ2n) is 4.52. The van der Waals surface area contributed by atoms with Gasteiger partial charge in [0.05, 0.1) is 5.69 Å². The molecule has 3 rings (SSSR count). The Morgan fingerprint density at radius 3 is 2.78 bits per heavy atom. The molecule has 2 aromatic rings. The highest BCUT2D eigenvalue weighted by Crippen LogP contribution is 2.42. The molecule has 1 aliphatic rings. The van der Waals surface area contributed by atoms with E-state index in [1.165, 1.54) is 5.56 Å². The van der Waals surface area contributed by atoms with E-state index in [2.05, 4.69) is 40.6 Å². The summed E-state index contributed by atoms with van der Waals surface area (Å²) in [6.45, 7) is 0. The van der Waals surface area contributed by atoms with E-state index >= 15 is 0 Å². The third-order valence-corrected chi connectivity index (χ3v) is 3.27. The molecule has 0 bridgehead atoms. The number of nitriles is 1. The highest BCUT2D eigenvalue weighted by Gasteiger charge is 2.38. The fourth-order valence-corrected chi connectivity index (χ4v) is 2.23. The number of hydrogen-bond donors (Lipinski definition) is 1. The molecule has 3 heteroatoms. The number of nitrogens with one attached hydrogen (secondary N) is 1. The first-order chi connectivity index (χ1) is 8.88. The third-order valence-electron chi connectivity index (χ3n) is 3.27. The van der Waals surface area contributed by atoms with Crippen LogP contribution in [0, 0.1) is 11.3 Å². The maximum atomic E-state index is 8.98. The predicted molar refractivity (Wildman–Crippen MR) is 70.2 cm³/mol. The molecule has 1 saturated carbocycles. The van der Waals surface area contributed by atoms with Crippen molar-refractivity contribution in [3.05, 3.63) is 59.9 Å². The average molecular weight is 235 g/mol. The van der Waals surface area contributed by atoms with Gasteiger partial charge in [0.1, 0.15) is 6.07 Å². The van der Waals surface area contributed by atoms with Crippen molar-refractivity contribution >= 4 is 5.69 Å². The van der Waals surface area contributed by atoms with Crippen LogP contribution in [0.5, 0.6) is 0 Å². The zero-order valence-electron chi connectivity index (χ0n) is 9.88. The Kier molecular flexibility index (Phi) is 2.70. The van der Waals surface area contributed by atoms with Gasteiger partial charge in [0.25, 0.3) is 0 Å². The van der Waals surface area contributed by atoms with Gasteiger partial charge in [-0.3, -0.25) is 0 Å². The summed E-state index contributed by atoms with van der Waals surface area (Å²) < 4.78 is 0. The monoisotopic (exact) mass is 235 g/mol. The summed E-state index contributed by atoms with van der Waals surface area (Å²) in [5.74, 6) is 0.554. The summed E-state index contributed by atoms with van der Waals surface area (Å²) in [5, 5.41) is 12.4. The molecule has 0 saturated heterocycles. The molecular formula is C15H13N3. The fourth-order valence-electron chi connectivity index (χ4n) is 2.23. The van der Waals surface area contributed by atoms with Gasteiger partial charge in [0.15, 0.2) is 5.69 Å². The number of aromatic nitrogens is 1. The maximum Gasteiger partial charge on any atom is 0.163 e. The minimum Gasteiger partial charge on any atom is -0.379 e. The Labute approximate surface area is 106 Å². The van der Waals surface area contributed by atoms with Crippen LogP contribution >= 0.6 is 0 Å². The van der Waals surface area contributed by atoms with E-state index in [0.29, 0.717) is 17.7 Å². The molecular weight excluding hydrogens is 222 g/mol. The first kappa shape index (κ1) is 10.8. The second kappa shape index (κ2) is 4.50. The van der Waals surface area contributed by atoms with Crippen molar-refractivity contribution in [1.29, 1.82) is 5.26 Å². The van der Waals surface area contributed by atoms with E-state index in [1.807, 2.05) is 18.2 Å². The van der Waals surface area contributed by atoms with Crippen LogP contribution in [0.2, 0.25) is 0 Å². The van der Waals surface area contributed by atoms with Crippen LogP contribution in [-0.2, 0) is 0 Å². The lowest BCUT2D eigenvalue weighted by Gasteiger charge is -2.06. The van der Waals surface area contributed by atoms with Gasteiger partial charge in [-0.2, -0.15) is 5.26 Å². The van der Waals surface area contributed by atoms with E-state index in [1.54, 1.807) is 6.20 Å². The number of pyridine rings is 1. The zero-order chi connectivity index (χ0) is 12.4. The van der Waals surface area contributed by atoms with Crippen LogP contribution in [0.1, 0.15) is 23.6 Å². The minimum absolute atomic E-state index is 0.420. The molecule has 0 amide bonds. The molecule has 3 nitrogen and oxygen atoms in total. The average Bonchev–Trinajstić information content (AvgIpc) is 3.20. The number of rotatable bonds is 3. The summed E-state index contributed by atoms with van der Waals surface area (Å²) in [4.78, 5) is 4.05. The highest BCUT2D eigenvalue weighted by atomic mass is 15.0. The molecule has 18 heavy (non-hydrogen) atoms. The van der Waals surface area contributed by atoms with Crippen molar-refractivity contribution in [3.8, 4) is 6.07 Å². The van der Waals surface area contributed by atoms with Crippen LogP contribution in [0.3, 0.4) is 0 Å². The summed E-state index contributed by atoms with van der Waals surface area (Å²) in [7, 11) is 0. The van der Waals surface area contributed by atoms with Crippen LogP contribution in [0.15, 0.2) is 48.7 Å². The van der Waals surface area contributed by atoms with Crippen molar-refractivity contribution < 1.29 is 0 Å². The Hall–Kier alpha value is -2.34. The van der Waals surface area contributed by atoms with Gasteiger partial charge < -0.3 is 5.32 Å². The number of hydrogen-bond acceptors (Lipinski definition) is 3. The molecule has 2 atom stereocenters. The zero-order valence-corrected chi connectivity index (χ0v) is 9.88. The summed E-state index contributed by atoms with van der Waals surface area (Å²) in [5.41, 5.74) is 2.66. The smallest absolute Gasteiger partial charge is 0.163 e. The van der Waals surface area contributed by atoms with Crippen LogP contribution in [-0.4, -0.2) is 11.0 Å². The molecule has 1 aliphatic carbocycles. The number of benzene rings is 1. The van der Waals surface area contributed by atoms with Crippen molar-refractivity contribution in [3.63, 3.8) is 0 Å². The van der Waals surface area contributed by atoms with Gasteiger partial charge in [-0.05, 0) is 24.1 Å². The summed E-state index contributed by atoms with van der Waals surface area (Å²) in [6.07, 6.45) is 2.76. The molecule has 1 N–H and O–H groups in total. The van der Waals surface area contributed by atoms with Crippen molar-refractivity contribution in [1.82, 2.24) is 4.98 Å². The van der Waals surface area contributed by atoms with Gasteiger partial charge in [0.2, 0.25) is 0 Å². The molecule has 1 heterocycles. The van der Waals surface area contributed by atoms with Gasteiger partial charge in [-0.1, -0.05) is 30.3 Å². The molecule has 1 fully saturated rings. The highest BCUT2D eigenvalue weighted by molar-refractivity contribution is 5.55. The third kappa shape index (κ3) is 2.05. The topological polar surface area (TPSA) is 48.7 Å². The molecule has 0 radical (unpaired) electrons. The predicted octanol–water partition coefficient (Wildman–Crippen LogP) is 2.92. The van der Waals surface area contributed by atoms with Crippen molar-refractivity contribution in [2.75, 3.05) is 5.32 Å². The molecule has 88 valence electrons. The Morgan fingerprint density at radius 2 is 2.00 bits per heavy atom. The van der Waals surface area contributed by atoms with Gasteiger partial charge in [-0.15, -0.1) is 0 Å². The first-order valence-electron chi connectivity index (χ1n) is 6.05. The molecule has 2 unspecified atom stereocenters. The lowest BCUT2D eigenvalue weighted by atomic mass is 10.1. The molecule has 1 aromatic carbocycles. The van der Waals surface area contributed by atoms with Gasteiger partial charge >= 0.3 is 0 Å². The Bertz CT molecular complexity index is 586.